The number of para-hydroxylation sites is 1. The largest absolute Gasteiger partial charge is 0.493 e. The van der Waals surface area contributed by atoms with Crippen LogP contribution in [0.3, 0.4) is 0 Å². The summed E-state index contributed by atoms with van der Waals surface area (Å²) in [5, 5.41) is 0. The minimum Gasteiger partial charge on any atom is -0.493 e. The van der Waals surface area contributed by atoms with Gasteiger partial charge in [0.15, 0.2) is 0 Å². The lowest BCUT2D eigenvalue weighted by Crippen LogP contribution is -2.14. The predicted octanol–water partition coefficient (Wildman–Crippen LogP) is 3.77. The Hall–Kier alpha value is -2.30. The van der Waals surface area contributed by atoms with Crippen molar-refractivity contribution >= 4 is 18.0 Å². The van der Waals surface area contributed by atoms with Crippen LogP contribution in [0, 0.1) is 0 Å². The maximum atomic E-state index is 12.2. The van der Waals surface area contributed by atoms with E-state index in [1.165, 1.54) is 0 Å². The molecule has 0 heterocycles. The Morgan fingerprint density at radius 2 is 1.67 bits per heavy atom. The van der Waals surface area contributed by atoms with Crippen molar-refractivity contribution in [3.05, 3.63) is 35.4 Å². The van der Waals surface area contributed by atoms with Crippen molar-refractivity contribution in [2.24, 2.45) is 0 Å². The van der Waals surface area contributed by atoms with Gasteiger partial charge in [-0.2, -0.15) is 0 Å². The molecule has 0 aromatic heterocycles. The molecule has 0 aliphatic carbocycles. The molecule has 0 atom stereocenters. The molecule has 0 aliphatic heterocycles. The molecule has 0 unspecified atom stereocenters. The molecule has 0 amide bonds. The molecule has 1 aromatic rings. The molecule has 0 saturated heterocycles. The molecule has 0 radical (unpaired) electrons. The van der Waals surface area contributed by atoms with Gasteiger partial charge in [0.05, 0.1) is 26.2 Å². The van der Waals surface area contributed by atoms with Gasteiger partial charge in [0, 0.05) is 11.1 Å². The van der Waals surface area contributed by atoms with Gasteiger partial charge in [0.25, 0.3) is 0 Å². The molecule has 0 aliphatic rings. The van der Waals surface area contributed by atoms with Crippen molar-refractivity contribution in [3.8, 4) is 5.75 Å². The highest BCUT2D eigenvalue weighted by Gasteiger charge is 2.17. The van der Waals surface area contributed by atoms with Gasteiger partial charge < -0.3 is 14.2 Å². The molecule has 5 heteroatoms. The number of benzene rings is 1. The van der Waals surface area contributed by atoms with Gasteiger partial charge in [-0.1, -0.05) is 32.0 Å². The lowest BCUT2D eigenvalue weighted by molar-refractivity contribution is -0.146. The third-order valence-corrected chi connectivity index (χ3v) is 3.05. The van der Waals surface area contributed by atoms with Gasteiger partial charge in [-0.3, -0.25) is 4.79 Å². The molecule has 24 heavy (non-hydrogen) atoms. The second-order valence-electron chi connectivity index (χ2n) is 5.17. The molecule has 0 spiro atoms. The molecule has 5 nitrogen and oxygen atoms in total. The molecule has 0 saturated carbocycles. The monoisotopic (exact) mass is 334 g/mol. The van der Waals surface area contributed by atoms with Crippen LogP contribution in [0.4, 0.5) is 0 Å². The second kappa shape index (κ2) is 11.3. The van der Waals surface area contributed by atoms with Crippen LogP contribution in [0.25, 0.3) is 6.08 Å². The number of esters is 2. The number of ether oxygens (including phenoxy) is 3. The van der Waals surface area contributed by atoms with E-state index < -0.39 is 11.9 Å². The van der Waals surface area contributed by atoms with Crippen molar-refractivity contribution < 1.29 is 23.8 Å². The average molecular weight is 334 g/mol. The molecule has 0 N–H and O–H groups in total. The summed E-state index contributed by atoms with van der Waals surface area (Å²) in [6.07, 6.45) is 2.96. The van der Waals surface area contributed by atoms with Crippen LogP contribution in [0.15, 0.2) is 29.8 Å². The van der Waals surface area contributed by atoms with Crippen LogP contribution in [-0.2, 0) is 19.1 Å². The fourth-order valence-corrected chi connectivity index (χ4v) is 1.97. The third kappa shape index (κ3) is 6.86. The van der Waals surface area contributed by atoms with E-state index in [4.69, 9.17) is 14.2 Å². The number of hydrogen-bond donors (Lipinski definition) is 0. The van der Waals surface area contributed by atoms with Crippen molar-refractivity contribution in [1.82, 2.24) is 0 Å². The first-order valence-electron chi connectivity index (χ1n) is 8.37. The molecule has 132 valence electrons. The van der Waals surface area contributed by atoms with Gasteiger partial charge in [0.1, 0.15) is 5.75 Å². The third-order valence-electron chi connectivity index (χ3n) is 3.05. The minimum absolute atomic E-state index is 0.122. The van der Waals surface area contributed by atoms with Crippen molar-refractivity contribution in [3.63, 3.8) is 0 Å². The zero-order valence-electron chi connectivity index (χ0n) is 14.7. The number of hydrogen-bond acceptors (Lipinski definition) is 5. The Kier molecular flexibility index (Phi) is 9.27. The second-order valence-corrected chi connectivity index (χ2v) is 5.17. The Balaban J connectivity index is 3.02. The smallest absolute Gasteiger partial charge is 0.334 e. The Morgan fingerprint density at radius 3 is 2.33 bits per heavy atom. The molecular formula is C19H26O5. The molecule has 0 fully saturated rings. The lowest BCUT2D eigenvalue weighted by atomic mass is 10.1. The van der Waals surface area contributed by atoms with Crippen LogP contribution in [0.2, 0.25) is 0 Å². The van der Waals surface area contributed by atoms with Crippen LogP contribution >= 0.6 is 0 Å². The molecule has 1 rings (SSSR count). The van der Waals surface area contributed by atoms with Crippen LogP contribution in [-0.4, -0.2) is 31.8 Å². The summed E-state index contributed by atoms with van der Waals surface area (Å²) in [5.41, 5.74) is 0.989. The maximum Gasteiger partial charge on any atom is 0.334 e. The summed E-state index contributed by atoms with van der Waals surface area (Å²) in [6, 6.07) is 7.35. The Morgan fingerprint density at radius 1 is 1.00 bits per heavy atom. The van der Waals surface area contributed by atoms with Crippen LogP contribution in [0.5, 0.6) is 5.75 Å². The maximum absolute atomic E-state index is 12.2. The summed E-state index contributed by atoms with van der Waals surface area (Å²) in [4.78, 5) is 24.1. The van der Waals surface area contributed by atoms with E-state index in [0.717, 1.165) is 18.4 Å². The highest BCUT2D eigenvalue weighted by Crippen LogP contribution is 2.22. The highest BCUT2D eigenvalue weighted by molar-refractivity contribution is 5.98. The lowest BCUT2D eigenvalue weighted by Gasteiger charge is -2.10. The van der Waals surface area contributed by atoms with E-state index in [9.17, 15) is 9.59 Å². The van der Waals surface area contributed by atoms with Gasteiger partial charge >= 0.3 is 11.9 Å². The van der Waals surface area contributed by atoms with Gasteiger partial charge in [-0.05, 0) is 31.9 Å². The summed E-state index contributed by atoms with van der Waals surface area (Å²) in [6.45, 7) is 6.88. The first kappa shape index (κ1) is 19.7. The first-order chi connectivity index (χ1) is 11.6. The zero-order valence-corrected chi connectivity index (χ0v) is 14.7. The van der Waals surface area contributed by atoms with E-state index in [-0.39, 0.29) is 12.0 Å². The van der Waals surface area contributed by atoms with Crippen LogP contribution < -0.4 is 4.74 Å². The highest BCUT2D eigenvalue weighted by atomic mass is 16.5. The molecular weight excluding hydrogens is 308 g/mol. The zero-order chi connectivity index (χ0) is 17.8. The summed E-state index contributed by atoms with van der Waals surface area (Å²) in [5.74, 6) is -0.287. The Labute approximate surface area is 143 Å². The van der Waals surface area contributed by atoms with E-state index in [1.54, 1.807) is 6.08 Å². The number of carbonyl (C=O) groups is 2. The van der Waals surface area contributed by atoms with Gasteiger partial charge in [-0.25, -0.2) is 4.79 Å². The summed E-state index contributed by atoms with van der Waals surface area (Å²) < 4.78 is 15.8. The van der Waals surface area contributed by atoms with Crippen LogP contribution in [0.1, 0.15) is 45.6 Å². The van der Waals surface area contributed by atoms with Gasteiger partial charge in [0.2, 0.25) is 0 Å². The fourth-order valence-electron chi connectivity index (χ4n) is 1.97. The van der Waals surface area contributed by atoms with E-state index in [2.05, 4.69) is 0 Å². The van der Waals surface area contributed by atoms with Crippen molar-refractivity contribution in [2.75, 3.05) is 19.8 Å². The first-order valence-corrected chi connectivity index (χ1v) is 8.37. The summed E-state index contributed by atoms with van der Waals surface area (Å²) >= 11 is 0. The molecule has 0 bridgehead atoms. The van der Waals surface area contributed by atoms with E-state index >= 15 is 0 Å². The topological polar surface area (TPSA) is 61.8 Å². The quantitative estimate of drug-likeness (QED) is 0.481. The standard InChI is InChI=1S/C19H26O5/c1-4-11-23-18(20)14-16(19(21)24-12-5-2)13-15-9-7-8-10-17(15)22-6-3/h7-10,13H,4-6,11-12,14H2,1-3H3. The average Bonchev–Trinajstić information content (AvgIpc) is 2.59. The van der Waals surface area contributed by atoms with Gasteiger partial charge in [-0.15, -0.1) is 0 Å². The van der Waals surface area contributed by atoms with E-state index in [1.807, 2.05) is 45.0 Å². The minimum atomic E-state index is -0.503. The SMILES string of the molecule is CCCOC(=O)CC(=Cc1ccccc1OCC)C(=O)OCCC. The predicted molar refractivity (Wildman–Crippen MR) is 92.7 cm³/mol. The number of carbonyl (C=O) groups excluding carboxylic acids is 2. The van der Waals surface area contributed by atoms with Crippen molar-refractivity contribution in [1.29, 1.82) is 0 Å². The number of rotatable bonds is 10. The molecule has 1 aromatic carbocycles. The van der Waals surface area contributed by atoms with E-state index in [0.29, 0.717) is 25.6 Å². The normalized spacial score (nSPS) is 11.0. The fraction of sp³-hybridized carbons (Fsp3) is 0.474. The summed E-state index contributed by atoms with van der Waals surface area (Å²) in [7, 11) is 0. The Bertz CT molecular complexity index is 563. The van der Waals surface area contributed by atoms with Crippen molar-refractivity contribution in [2.45, 2.75) is 40.0 Å².